The van der Waals surface area contributed by atoms with Crippen molar-refractivity contribution in [3.05, 3.63) is 69.2 Å². The van der Waals surface area contributed by atoms with Crippen LogP contribution in [0.1, 0.15) is 166 Å². The topological polar surface area (TPSA) is 66.9 Å². The maximum atomic E-state index is 16.0. The molecular weight excluding hydrogens is 923 g/mol. The third kappa shape index (κ3) is 18.0. The first kappa shape index (κ1) is 62.8. The number of carbonyl (C=O) groups is 1. The Morgan fingerprint density at radius 1 is 0.706 bits per heavy atom. The van der Waals surface area contributed by atoms with E-state index in [1.54, 1.807) is 11.3 Å². The molecule has 0 N–H and O–H groups in total. The Bertz CT molecular complexity index is 1940. The largest absolute Gasteiger partial charge is 0.417 e. The molecule has 0 aliphatic rings. The molecule has 1 aromatic carbocycles. The third-order valence-electron chi connectivity index (χ3n) is 16.8. The second-order valence-electron chi connectivity index (χ2n) is 27.2. The predicted molar refractivity (Wildman–Crippen MR) is 308 cm³/mol. The fraction of sp³-hybridized carbons (Fsp3) is 0.754. The summed E-state index contributed by atoms with van der Waals surface area (Å²) < 4.78 is 29.0. The van der Waals surface area contributed by atoms with Gasteiger partial charge >= 0.3 is 0 Å². The summed E-state index contributed by atoms with van der Waals surface area (Å²) in [6.45, 7) is 60.1. The van der Waals surface area contributed by atoms with Crippen molar-refractivity contribution in [2.75, 3.05) is 6.61 Å². The first-order valence-corrected chi connectivity index (χ1v) is 38.6. The summed E-state index contributed by atoms with van der Waals surface area (Å²) in [6, 6.07) is 10.6. The Hall–Kier alpha value is -1.29. The number of ketones is 1. The molecule has 2 aromatic rings. The SMILES string of the molecule is CC(=CC[C@H](O[Si](C)(C)C(C)(C)C)C(C)=Cc1csc(C)n1)CCC[C@H](C)[C@@H](O[Si](C)(C)C(C)(C)C)[C@H](Cc1ccccc1)C(=O)C(C)(C)[C@H](CCO[Si](C)(C)C(C)(C)C)O[Si](C)(C)C(C)(C)C. The van der Waals surface area contributed by atoms with Gasteiger partial charge in [-0.15, -0.1) is 11.3 Å². The molecule has 5 atom stereocenters. The maximum Gasteiger partial charge on any atom is 0.192 e. The molecule has 0 fully saturated rings. The minimum atomic E-state index is -2.35. The minimum Gasteiger partial charge on any atom is -0.417 e. The number of hydrogen-bond donors (Lipinski definition) is 0. The lowest BCUT2D eigenvalue weighted by Gasteiger charge is -2.47. The molecule has 68 heavy (non-hydrogen) atoms. The van der Waals surface area contributed by atoms with Crippen LogP contribution in [-0.2, 0) is 28.9 Å². The first-order chi connectivity index (χ1) is 30.6. The lowest BCUT2D eigenvalue weighted by molar-refractivity contribution is -0.141. The highest BCUT2D eigenvalue weighted by Crippen LogP contribution is 2.46. The van der Waals surface area contributed by atoms with E-state index in [4.69, 9.17) is 22.7 Å². The van der Waals surface area contributed by atoms with Crippen LogP contribution < -0.4 is 0 Å². The van der Waals surface area contributed by atoms with Gasteiger partial charge in [0, 0.05) is 23.3 Å². The van der Waals surface area contributed by atoms with Crippen LogP contribution >= 0.6 is 11.3 Å². The quantitative estimate of drug-likeness (QED) is 0.0729. The van der Waals surface area contributed by atoms with Gasteiger partial charge in [0.2, 0.25) is 0 Å². The zero-order valence-electron chi connectivity index (χ0n) is 48.9. The van der Waals surface area contributed by atoms with Gasteiger partial charge in [-0.3, -0.25) is 4.79 Å². The van der Waals surface area contributed by atoms with Crippen LogP contribution in [0.5, 0.6) is 0 Å². The Labute approximate surface area is 428 Å². The Morgan fingerprint density at radius 3 is 1.69 bits per heavy atom. The van der Waals surface area contributed by atoms with Gasteiger partial charge in [0.1, 0.15) is 5.78 Å². The summed E-state index contributed by atoms with van der Waals surface area (Å²) in [7, 11) is -8.73. The standard InChI is InChI=1S/C57H105NO5SSi4/c1-42(35-36-49(61-66(21,22)54(8,9)10)44(3)39-47-41-64-45(4)58-47)31-30-32-43(2)51(63-68(25,26)56(14,15)16)48(40-46-33-28-27-29-34-46)52(59)57(17,18)50(62-67(23,24)55(11,12)13)37-38-60-65(19,20)53(5,6)7/h27-29,33-35,39,41,43,48-51H,30-32,36-38,40H2,1-26H3/t43-,48-,49-,50-,51+/m0/s1. The number of aryl methyl sites for hydroxylation is 1. The molecule has 0 spiro atoms. The second-order valence-corrected chi connectivity index (χ2v) is 47.3. The fourth-order valence-corrected chi connectivity index (χ4v) is 13.5. The van der Waals surface area contributed by atoms with Crippen LogP contribution in [0.3, 0.4) is 0 Å². The summed E-state index contributed by atoms with van der Waals surface area (Å²) in [5.74, 6) is 0.0333. The van der Waals surface area contributed by atoms with E-state index in [2.05, 4.69) is 225 Å². The molecule has 11 heteroatoms. The summed E-state index contributed by atoms with van der Waals surface area (Å²) in [4.78, 5) is 20.8. The van der Waals surface area contributed by atoms with Crippen molar-refractivity contribution in [1.82, 2.24) is 4.98 Å². The molecule has 0 radical (unpaired) electrons. The van der Waals surface area contributed by atoms with E-state index in [1.165, 1.54) is 16.7 Å². The number of allylic oxidation sites excluding steroid dienone is 1. The van der Waals surface area contributed by atoms with Crippen LogP contribution in [0.4, 0.5) is 0 Å². The molecule has 0 aliphatic heterocycles. The van der Waals surface area contributed by atoms with Gasteiger partial charge in [-0.25, -0.2) is 4.98 Å². The van der Waals surface area contributed by atoms with Gasteiger partial charge in [0.15, 0.2) is 33.3 Å². The average Bonchev–Trinajstić information content (AvgIpc) is 3.59. The number of nitrogens with zero attached hydrogens (tertiary/aromatic N) is 1. The van der Waals surface area contributed by atoms with E-state index in [-0.39, 0.29) is 56.1 Å². The number of hydrogen-bond acceptors (Lipinski definition) is 7. The molecule has 0 saturated heterocycles. The van der Waals surface area contributed by atoms with E-state index in [9.17, 15) is 0 Å². The summed E-state index contributed by atoms with van der Waals surface area (Å²) in [5, 5.41) is 3.37. The smallest absolute Gasteiger partial charge is 0.192 e. The average molecular weight is 1030 g/mol. The number of benzene rings is 1. The molecular formula is C57H105NO5SSi4. The summed E-state index contributed by atoms with van der Waals surface area (Å²) >= 11 is 1.69. The van der Waals surface area contributed by atoms with Crippen LogP contribution in [0, 0.1) is 24.2 Å². The van der Waals surface area contributed by atoms with E-state index in [0.29, 0.717) is 19.4 Å². The Morgan fingerprint density at radius 2 is 1.21 bits per heavy atom. The zero-order valence-corrected chi connectivity index (χ0v) is 53.7. The van der Waals surface area contributed by atoms with Crippen molar-refractivity contribution < 1.29 is 22.5 Å². The van der Waals surface area contributed by atoms with Crippen molar-refractivity contribution in [3.63, 3.8) is 0 Å². The van der Waals surface area contributed by atoms with E-state index in [1.807, 2.05) is 0 Å². The second kappa shape index (κ2) is 24.2. The zero-order chi connectivity index (χ0) is 52.7. The van der Waals surface area contributed by atoms with Gasteiger partial charge in [-0.05, 0) is 155 Å². The van der Waals surface area contributed by atoms with Gasteiger partial charge in [-0.1, -0.05) is 146 Å². The maximum absolute atomic E-state index is 16.0. The first-order valence-electron chi connectivity index (χ1n) is 26.1. The molecule has 1 heterocycles. The molecule has 0 amide bonds. The van der Waals surface area contributed by atoms with Crippen LogP contribution in [0.2, 0.25) is 72.5 Å². The van der Waals surface area contributed by atoms with Crippen LogP contribution in [0.25, 0.3) is 6.08 Å². The Kier molecular flexibility index (Phi) is 22.3. The molecule has 0 saturated carbocycles. The molecule has 0 aliphatic carbocycles. The number of carbonyl (C=O) groups excluding carboxylic acids is 1. The van der Waals surface area contributed by atoms with E-state index >= 15 is 4.79 Å². The predicted octanol–water partition coefficient (Wildman–Crippen LogP) is 18.0. The highest BCUT2D eigenvalue weighted by Gasteiger charge is 2.51. The third-order valence-corrected chi connectivity index (χ3v) is 35.6. The highest BCUT2D eigenvalue weighted by atomic mass is 32.1. The van der Waals surface area contributed by atoms with E-state index < -0.39 is 38.7 Å². The van der Waals surface area contributed by atoms with Gasteiger partial charge in [0.05, 0.1) is 29.0 Å². The number of aromatic nitrogens is 1. The molecule has 2 rings (SSSR count). The number of Topliss-reactive ketones (excluding diaryl/α,β-unsaturated/α-hetero) is 1. The van der Waals surface area contributed by atoms with Crippen molar-refractivity contribution >= 4 is 56.5 Å². The molecule has 1 aromatic heterocycles. The van der Waals surface area contributed by atoms with Crippen molar-refractivity contribution in [2.45, 2.75) is 254 Å². The molecule has 0 bridgehead atoms. The number of rotatable bonds is 25. The number of thiazole rings is 1. The van der Waals surface area contributed by atoms with Crippen molar-refractivity contribution in [2.24, 2.45) is 17.3 Å². The van der Waals surface area contributed by atoms with Crippen LogP contribution in [0.15, 0.2) is 52.9 Å². The molecule has 6 nitrogen and oxygen atoms in total. The lowest BCUT2D eigenvalue weighted by Crippen LogP contribution is -2.55. The normalized spacial score (nSPS) is 17.0. The fourth-order valence-electron chi connectivity index (χ4n) is 7.62. The lowest BCUT2D eigenvalue weighted by atomic mass is 9.70. The highest BCUT2D eigenvalue weighted by molar-refractivity contribution is 7.09. The minimum absolute atomic E-state index is 0.00897. The molecule has 390 valence electrons. The molecule has 0 unspecified atom stereocenters. The van der Waals surface area contributed by atoms with Gasteiger partial charge in [-0.2, -0.15) is 0 Å². The monoisotopic (exact) mass is 1030 g/mol. The summed E-state index contributed by atoms with van der Waals surface area (Å²) in [5.41, 5.74) is 3.99. The summed E-state index contributed by atoms with van der Waals surface area (Å²) in [6.07, 6.45) is 9.15. The van der Waals surface area contributed by atoms with Crippen LogP contribution in [-0.4, -0.2) is 69.0 Å². The van der Waals surface area contributed by atoms with Gasteiger partial charge in [0.25, 0.3) is 0 Å². The van der Waals surface area contributed by atoms with Crippen molar-refractivity contribution in [1.29, 1.82) is 0 Å². The Balaban J connectivity index is 2.63. The van der Waals surface area contributed by atoms with Gasteiger partial charge < -0.3 is 17.7 Å². The van der Waals surface area contributed by atoms with Crippen molar-refractivity contribution in [3.8, 4) is 0 Å². The van der Waals surface area contributed by atoms with E-state index in [0.717, 1.165) is 36.4 Å².